The lowest BCUT2D eigenvalue weighted by molar-refractivity contribution is -0.163. The predicted molar refractivity (Wildman–Crippen MR) is 72.9 cm³/mol. The van der Waals surface area contributed by atoms with Crippen LogP contribution in [0.3, 0.4) is 0 Å². The standard InChI is InChI=1S/C14H20O9/c15-3-7(17)5-21-13(19)11-9-1-2-10(23-9)12(11)14(20)22-6-8(18)4-16/h1-2,7-12,15-18H,3-6H2/t7?,8?,9-,10+,11+,12-. The van der Waals surface area contributed by atoms with Crippen LogP contribution in [0, 0.1) is 11.8 Å². The van der Waals surface area contributed by atoms with E-state index in [9.17, 15) is 19.8 Å². The van der Waals surface area contributed by atoms with Gasteiger partial charge in [-0.05, 0) is 0 Å². The van der Waals surface area contributed by atoms with Gasteiger partial charge in [0.2, 0.25) is 0 Å². The average Bonchev–Trinajstić information content (AvgIpc) is 3.17. The SMILES string of the molecule is O=C(OCC(O)CO)[C@@H]1[C@H](C(=O)OCC(O)CO)[C@@H]2C=C[C@H]1O2. The maximum Gasteiger partial charge on any atom is 0.313 e. The molecule has 2 aliphatic rings. The number of carbonyl (C=O) groups is 2. The minimum absolute atomic E-state index is 0.391. The molecule has 0 radical (unpaired) electrons. The summed E-state index contributed by atoms with van der Waals surface area (Å²) in [5.74, 6) is -3.32. The second-order valence-electron chi connectivity index (χ2n) is 5.43. The molecule has 1 fully saturated rings. The highest BCUT2D eigenvalue weighted by Gasteiger charge is 2.54. The largest absolute Gasteiger partial charge is 0.463 e. The lowest BCUT2D eigenvalue weighted by Crippen LogP contribution is -2.40. The van der Waals surface area contributed by atoms with Gasteiger partial charge < -0.3 is 34.6 Å². The Kier molecular flexibility index (Phi) is 6.08. The van der Waals surface area contributed by atoms with Gasteiger partial charge in [-0.25, -0.2) is 0 Å². The lowest BCUT2D eigenvalue weighted by Gasteiger charge is -2.23. The normalized spacial score (nSPS) is 31.0. The lowest BCUT2D eigenvalue weighted by atomic mass is 9.83. The molecule has 130 valence electrons. The van der Waals surface area contributed by atoms with Crippen LogP contribution in [-0.2, 0) is 23.8 Å². The van der Waals surface area contributed by atoms with Gasteiger partial charge in [-0.2, -0.15) is 0 Å². The van der Waals surface area contributed by atoms with Gasteiger partial charge in [-0.1, -0.05) is 12.2 Å². The first kappa shape index (κ1) is 17.8. The zero-order valence-electron chi connectivity index (χ0n) is 12.3. The number of ether oxygens (including phenoxy) is 3. The molecule has 2 rings (SSSR count). The zero-order chi connectivity index (χ0) is 17.0. The Hall–Kier alpha value is -1.52. The minimum atomic E-state index is -1.20. The topological polar surface area (TPSA) is 143 Å². The summed E-state index contributed by atoms with van der Waals surface area (Å²) in [7, 11) is 0. The molecule has 0 aromatic heterocycles. The summed E-state index contributed by atoms with van der Waals surface area (Å²) in [6.07, 6.45) is -0.354. The first-order valence-electron chi connectivity index (χ1n) is 7.22. The van der Waals surface area contributed by atoms with Crippen LogP contribution in [0.1, 0.15) is 0 Å². The number of rotatable bonds is 8. The van der Waals surface area contributed by atoms with Crippen molar-refractivity contribution in [2.75, 3.05) is 26.4 Å². The molecule has 2 aliphatic heterocycles. The van der Waals surface area contributed by atoms with E-state index >= 15 is 0 Å². The van der Waals surface area contributed by atoms with E-state index in [4.69, 9.17) is 24.4 Å². The fourth-order valence-electron chi connectivity index (χ4n) is 2.52. The van der Waals surface area contributed by atoms with Gasteiger partial charge in [-0.3, -0.25) is 9.59 Å². The second kappa shape index (κ2) is 7.84. The third kappa shape index (κ3) is 4.06. The molecule has 0 aromatic carbocycles. The summed E-state index contributed by atoms with van der Waals surface area (Å²) in [6.45, 7) is -1.88. The first-order chi connectivity index (χ1) is 11.0. The summed E-state index contributed by atoms with van der Waals surface area (Å²) >= 11 is 0. The van der Waals surface area contributed by atoms with Crippen LogP contribution >= 0.6 is 0 Å². The van der Waals surface area contributed by atoms with E-state index in [-0.39, 0.29) is 0 Å². The number of hydrogen-bond donors (Lipinski definition) is 4. The Balaban J connectivity index is 1.98. The maximum absolute atomic E-state index is 12.1. The Morgan fingerprint density at radius 3 is 1.65 bits per heavy atom. The fourth-order valence-corrected chi connectivity index (χ4v) is 2.52. The molecule has 0 aliphatic carbocycles. The van der Waals surface area contributed by atoms with Crippen molar-refractivity contribution < 1.29 is 44.2 Å². The van der Waals surface area contributed by atoms with Crippen LogP contribution in [0.4, 0.5) is 0 Å². The van der Waals surface area contributed by atoms with Gasteiger partial charge in [0, 0.05) is 0 Å². The van der Waals surface area contributed by atoms with Crippen LogP contribution < -0.4 is 0 Å². The van der Waals surface area contributed by atoms with Gasteiger partial charge in [0.25, 0.3) is 0 Å². The molecule has 0 spiro atoms. The Morgan fingerprint density at radius 1 is 0.913 bits per heavy atom. The van der Waals surface area contributed by atoms with E-state index in [1.807, 2.05) is 0 Å². The van der Waals surface area contributed by atoms with Crippen molar-refractivity contribution in [3.8, 4) is 0 Å². The molecule has 23 heavy (non-hydrogen) atoms. The van der Waals surface area contributed by atoms with Gasteiger partial charge in [-0.15, -0.1) is 0 Å². The van der Waals surface area contributed by atoms with Crippen molar-refractivity contribution in [1.29, 1.82) is 0 Å². The molecule has 9 nitrogen and oxygen atoms in total. The Bertz CT molecular complexity index is 423. The number of aliphatic hydroxyl groups is 4. The van der Waals surface area contributed by atoms with Crippen molar-refractivity contribution >= 4 is 11.9 Å². The maximum atomic E-state index is 12.1. The van der Waals surface area contributed by atoms with E-state index in [0.29, 0.717) is 0 Å². The van der Waals surface area contributed by atoms with Gasteiger partial charge in [0.15, 0.2) is 0 Å². The average molecular weight is 332 g/mol. The molecular formula is C14H20O9. The van der Waals surface area contributed by atoms with Gasteiger partial charge in [0.1, 0.15) is 37.3 Å². The molecule has 0 amide bonds. The molecule has 2 heterocycles. The van der Waals surface area contributed by atoms with Gasteiger partial charge in [0.05, 0.1) is 25.4 Å². The first-order valence-corrected chi connectivity index (χ1v) is 7.22. The molecule has 2 unspecified atom stereocenters. The van der Waals surface area contributed by atoms with E-state index in [1.54, 1.807) is 12.2 Å². The summed E-state index contributed by atoms with van der Waals surface area (Å²) in [5.41, 5.74) is 0. The smallest absolute Gasteiger partial charge is 0.313 e. The fraction of sp³-hybridized carbons (Fsp3) is 0.714. The molecule has 9 heteroatoms. The molecule has 1 saturated heterocycles. The third-order valence-electron chi connectivity index (χ3n) is 3.70. The van der Waals surface area contributed by atoms with Crippen molar-refractivity contribution in [3.05, 3.63) is 12.2 Å². The van der Waals surface area contributed by atoms with Crippen molar-refractivity contribution in [3.63, 3.8) is 0 Å². The number of carbonyl (C=O) groups excluding carboxylic acids is 2. The highest BCUT2D eigenvalue weighted by molar-refractivity contribution is 5.85. The van der Waals surface area contributed by atoms with Crippen molar-refractivity contribution in [2.45, 2.75) is 24.4 Å². The van der Waals surface area contributed by atoms with E-state index in [1.165, 1.54) is 0 Å². The van der Waals surface area contributed by atoms with Crippen LogP contribution in [0.5, 0.6) is 0 Å². The number of hydrogen-bond acceptors (Lipinski definition) is 9. The molecule has 2 bridgehead atoms. The molecule has 0 aromatic rings. The number of aliphatic hydroxyl groups excluding tert-OH is 4. The molecule has 0 saturated carbocycles. The number of esters is 2. The summed E-state index contributed by atoms with van der Waals surface area (Å²) < 4.78 is 15.3. The van der Waals surface area contributed by atoms with Crippen LogP contribution in [-0.4, -0.2) is 83.2 Å². The summed E-state index contributed by atoms with van der Waals surface area (Å²) in [6, 6.07) is 0. The monoisotopic (exact) mass is 332 g/mol. The van der Waals surface area contributed by atoms with Crippen LogP contribution in [0.15, 0.2) is 12.2 Å². The molecule has 6 atom stereocenters. The van der Waals surface area contributed by atoms with Gasteiger partial charge >= 0.3 is 11.9 Å². The van der Waals surface area contributed by atoms with Crippen LogP contribution in [0.2, 0.25) is 0 Å². The Morgan fingerprint density at radius 2 is 1.30 bits per heavy atom. The van der Waals surface area contributed by atoms with E-state index in [2.05, 4.69) is 0 Å². The molecule has 4 N–H and O–H groups in total. The van der Waals surface area contributed by atoms with E-state index < -0.39 is 74.6 Å². The highest BCUT2D eigenvalue weighted by atomic mass is 16.6. The van der Waals surface area contributed by atoms with Crippen molar-refractivity contribution in [1.82, 2.24) is 0 Å². The Labute approximate surface area is 132 Å². The van der Waals surface area contributed by atoms with Crippen molar-refractivity contribution in [2.24, 2.45) is 11.8 Å². The summed E-state index contributed by atoms with van der Waals surface area (Å²) in [4.78, 5) is 24.3. The minimum Gasteiger partial charge on any atom is -0.463 e. The quantitative estimate of drug-likeness (QED) is 0.277. The highest BCUT2D eigenvalue weighted by Crippen LogP contribution is 2.40. The summed E-state index contributed by atoms with van der Waals surface area (Å²) in [5, 5.41) is 35.8. The third-order valence-corrected chi connectivity index (χ3v) is 3.70. The zero-order valence-corrected chi connectivity index (χ0v) is 12.3. The predicted octanol–water partition coefficient (Wildman–Crippen LogP) is -2.65. The molecular weight excluding hydrogens is 312 g/mol. The van der Waals surface area contributed by atoms with E-state index in [0.717, 1.165) is 0 Å². The number of fused-ring (bicyclic) bond motifs is 2. The second-order valence-corrected chi connectivity index (χ2v) is 5.43. The van der Waals surface area contributed by atoms with Crippen LogP contribution in [0.25, 0.3) is 0 Å².